The van der Waals surface area contributed by atoms with Gasteiger partial charge in [-0.1, -0.05) is 29.8 Å². The Morgan fingerprint density at radius 3 is 2.58 bits per heavy atom. The van der Waals surface area contributed by atoms with E-state index in [2.05, 4.69) is 5.32 Å². The van der Waals surface area contributed by atoms with Crippen molar-refractivity contribution in [1.82, 2.24) is 0 Å². The average Bonchev–Trinajstić information content (AvgIpc) is 2.99. The van der Waals surface area contributed by atoms with E-state index in [9.17, 15) is 14.9 Å². The number of halogens is 1. The van der Waals surface area contributed by atoms with Gasteiger partial charge in [-0.25, -0.2) is 0 Å². The molecule has 6 nitrogen and oxygen atoms in total. The molecule has 3 aromatic carbocycles. The van der Waals surface area contributed by atoms with E-state index < -0.39 is 10.8 Å². The van der Waals surface area contributed by atoms with E-state index in [1.54, 1.807) is 12.1 Å². The standard InChI is InChI=1S/C19H11ClN2O4/c20-16-8-6-12(22(24)25)10-15(16)19(23)21-11-5-7-14-13-3-1-2-4-17(13)26-18(14)9-11/h1-10H,(H,21,23). The van der Waals surface area contributed by atoms with Crippen molar-refractivity contribution < 1.29 is 14.1 Å². The topological polar surface area (TPSA) is 85.4 Å². The van der Waals surface area contributed by atoms with Crippen molar-refractivity contribution in [2.24, 2.45) is 0 Å². The lowest BCUT2D eigenvalue weighted by Crippen LogP contribution is -2.12. The molecular formula is C19H11ClN2O4. The lowest BCUT2D eigenvalue weighted by atomic mass is 10.1. The van der Waals surface area contributed by atoms with Gasteiger partial charge in [-0.15, -0.1) is 0 Å². The summed E-state index contributed by atoms with van der Waals surface area (Å²) in [5, 5.41) is 15.7. The number of nitrogens with zero attached hydrogens (tertiary/aromatic N) is 1. The number of anilines is 1. The van der Waals surface area contributed by atoms with Crippen LogP contribution in [0.25, 0.3) is 21.9 Å². The fourth-order valence-electron chi connectivity index (χ4n) is 2.80. The highest BCUT2D eigenvalue weighted by atomic mass is 35.5. The number of fused-ring (bicyclic) bond motifs is 3. The largest absolute Gasteiger partial charge is 0.456 e. The molecule has 0 spiro atoms. The van der Waals surface area contributed by atoms with Crippen LogP contribution in [-0.2, 0) is 0 Å². The summed E-state index contributed by atoms with van der Waals surface area (Å²) < 4.78 is 5.79. The summed E-state index contributed by atoms with van der Waals surface area (Å²) in [7, 11) is 0. The van der Waals surface area contributed by atoms with Crippen LogP contribution in [0.2, 0.25) is 5.02 Å². The summed E-state index contributed by atoms with van der Waals surface area (Å²) in [6.45, 7) is 0. The Morgan fingerprint density at radius 1 is 1.00 bits per heavy atom. The van der Waals surface area contributed by atoms with Gasteiger partial charge in [0, 0.05) is 34.7 Å². The number of nitro groups is 1. The third kappa shape index (κ3) is 2.76. The average molecular weight is 367 g/mol. The second kappa shape index (κ2) is 6.16. The summed E-state index contributed by atoms with van der Waals surface area (Å²) >= 11 is 6.01. The fourth-order valence-corrected chi connectivity index (χ4v) is 3.01. The maximum Gasteiger partial charge on any atom is 0.270 e. The van der Waals surface area contributed by atoms with Crippen LogP contribution in [0.1, 0.15) is 10.4 Å². The molecule has 26 heavy (non-hydrogen) atoms. The first kappa shape index (κ1) is 16.1. The summed E-state index contributed by atoms with van der Waals surface area (Å²) in [6.07, 6.45) is 0. The first-order valence-electron chi connectivity index (χ1n) is 7.69. The third-order valence-corrected chi connectivity index (χ3v) is 4.37. The second-order valence-corrected chi connectivity index (χ2v) is 6.09. The van der Waals surface area contributed by atoms with Crippen LogP contribution >= 0.6 is 11.6 Å². The van der Waals surface area contributed by atoms with Gasteiger partial charge in [0.15, 0.2) is 0 Å². The highest BCUT2D eigenvalue weighted by Gasteiger charge is 2.16. The molecule has 1 aromatic heterocycles. The first-order chi connectivity index (χ1) is 12.5. The minimum absolute atomic E-state index is 0.0329. The third-order valence-electron chi connectivity index (χ3n) is 4.04. The number of nitrogens with one attached hydrogen (secondary N) is 1. The Hall–Kier alpha value is -3.38. The van der Waals surface area contributed by atoms with Gasteiger partial charge in [-0.2, -0.15) is 0 Å². The minimum atomic E-state index is -0.576. The molecule has 0 fully saturated rings. The monoisotopic (exact) mass is 366 g/mol. The predicted molar refractivity (Wildman–Crippen MR) is 99.8 cm³/mol. The van der Waals surface area contributed by atoms with Gasteiger partial charge in [0.2, 0.25) is 0 Å². The smallest absolute Gasteiger partial charge is 0.270 e. The molecule has 0 aliphatic heterocycles. The van der Waals surface area contributed by atoms with Gasteiger partial charge >= 0.3 is 0 Å². The Morgan fingerprint density at radius 2 is 1.77 bits per heavy atom. The summed E-state index contributed by atoms with van der Waals surface area (Å²) in [4.78, 5) is 22.8. The van der Waals surface area contributed by atoms with Crippen LogP contribution in [0, 0.1) is 10.1 Å². The number of benzene rings is 3. The Balaban J connectivity index is 1.68. The van der Waals surface area contributed by atoms with Crippen LogP contribution < -0.4 is 5.32 Å². The molecule has 128 valence electrons. The SMILES string of the molecule is O=C(Nc1ccc2c(c1)oc1ccccc12)c1cc([N+](=O)[O-])ccc1Cl. The van der Waals surface area contributed by atoms with Crippen LogP contribution in [-0.4, -0.2) is 10.8 Å². The number of hydrogen-bond donors (Lipinski definition) is 1. The summed E-state index contributed by atoms with van der Waals surface area (Å²) in [5.41, 5.74) is 1.73. The van der Waals surface area contributed by atoms with Gasteiger partial charge in [0.25, 0.3) is 11.6 Å². The Bertz CT molecular complexity index is 1180. The molecular weight excluding hydrogens is 356 g/mol. The molecule has 0 aliphatic carbocycles. The molecule has 0 bridgehead atoms. The fraction of sp³-hybridized carbons (Fsp3) is 0. The van der Waals surface area contributed by atoms with Gasteiger partial charge in [0.05, 0.1) is 15.5 Å². The summed E-state index contributed by atoms with van der Waals surface area (Å²) in [6, 6.07) is 16.7. The van der Waals surface area contributed by atoms with Crippen LogP contribution in [0.4, 0.5) is 11.4 Å². The number of carbonyl (C=O) groups excluding carboxylic acids is 1. The van der Waals surface area contributed by atoms with Crippen LogP contribution in [0.15, 0.2) is 65.1 Å². The maximum atomic E-state index is 12.5. The highest BCUT2D eigenvalue weighted by Crippen LogP contribution is 2.31. The van der Waals surface area contributed by atoms with Crippen molar-refractivity contribution in [2.75, 3.05) is 5.32 Å². The molecule has 4 rings (SSSR count). The number of nitro benzene ring substituents is 1. The Kier molecular flexibility index (Phi) is 3.82. The van der Waals surface area contributed by atoms with E-state index in [0.29, 0.717) is 11.3 Å². The molecule has 1 N–H and O–H groups in total. The van der Waals surface area contributed by atoms with E-state index in [-0.39, 0.29) is 16.3 Å². The van der Waals surface area contributed by atoms with Crippen molar-refractivity contribution >= 4 is 50.8 Å². The minimum Gasteiger partial charge on any atom is -0.456 e. The quantitative estimate of drug-likeness (QED) is 0.388. The lowest BCUT2D eigenvalue weighted by molar-refractivity contribution is -0.384. The van der Waals surface area contributed by atoms with Crippen molar-refractivity contribution in [1.29, 1.82) is 0 Å². The number of carbonyl (C=O) groups is 1. The predicted octanol–water partition coefficient (Wildman–Crippen LogP) is 5.40. The van der Waals surface area contributed by atoms with Crippen LogP contribution in [0.5, 0.6) is 0 Å². The normalized spacial score (nSPS) is 11.0. The van der Waals surface area contributed by atoms with Gasteiger partial charge in [-0.3, -0.25) is 14.9 Å². The zero-order valence-electron chi connectivity index (χ0n) is 13.2. The van der Waals surface area contributed by atoms with Crippen molar-refractivity contribution in [3.8, 4) is 0 Å². The summed E-state index contributed by atoms with van der Waals surface area (Å²) in [5.74, 6) is -0.533. The molecule has 0 radical (unpaired) electrons. The molecule has 1 amide bonds. The van der Waals surface area contributed by atoms with Gasteiger partial charge in [0.1, 0.15) is 11.2 Å². The number of non-ortho nitro benzene ring substituents is 1. The van der Waals surface area contributed by atoms with E-state index >= 15 is 0 Å². The van der Waals surface area contributed by atoms with Crippen LogP contribution in [0.3, 0.4) is 0 Å². The van der Waals surface area contributed by atoms with E-state index in [1.165, 1.54) is 12.1 Å². The van der Waals surface area contributed by atoms with Gasteiger partial charge in [-0.05, 0) is 24.3 Å². The second-order valence-electron chi connectivity index (χ2n) is 5.68. The van der Waals surface area contributed by atoms with E-state index in [4.69, 9.17) is 16.0 Å². The van der Waals surface area contributed by atoms with Crippen molar-refractivity contribution in [2.45, 2.75) is 0 Å². The zero-order valence-corrected chi connectivity index (χ0v) is 14.0. The molecule has 0 saturated carbocycles. The van der Waals surface area contributed by atoms with E-state index in [1.807, 2.05) is 30.3 Å². The molecule has 4 aromatic rings. The first-order valence-corrected chi connectivity index (χ1v) is 8.07. The number of furan rings is 1. The van der Waals surface area contributed by atoms with E-state index in [0.717, 1.165) is 22.4 Å². The maximum absolute atomic E-state index is 12.5. The molecule has 1 heterocycles. The van der Waals surface area contributed by atoms with Crippen molar-refractivity contribution in [3.63, 3.8) is 0 Å². The van der Waals surface area contributed by atoms with Crippen molar-refractivity contribution in [3.05, 3.63) is 81.4 Å². The number of hydrogen-bond acceptors (Lipinski definition) is 4. The number of amides is 1. The van der Waals surface area contributed by atoms with Gasteiger partial charge < -0.3 is 9.73 Å². The highest BCUT2D eigenvalue weighted by molar-refractivity contribution is 6.34. The zero-order chi connectivity index (χ0) is 18.3. The molecule has 0 saturated heterocycles. The molecule has 0 unspecified atom stereocenters. The number of rotatable bonds is 3. The Labute approximate surface area is 152 Å². The molecule has 0 aliphatic rings. The number of para-hydroxylation sites is 1. The molecule has 7 heteroatoms. The molecule has 0 atom stereocenters. The lowest BCUT2D eigenvalue weighted by Gasteiger charge is -2.07.